The van der Waals surface area contributed by atoms with Crippen LogP contribution in [0.3, 0.4) is 0 Å². The molecule has 0 fully saturated rings. The topological polar surface area (TPSA) is 18.5 Å². The van der Waals surface area contributed by atoms with Gasteiger partial charge in [0.05, 0.1) is 0 Å². The van der Waals surface area contributed by atoms with Crippen molar-refractivity contribution in [3.63, 3.8) is 0 Å². The van der Waals surface area contributed by atoms with Crippen molar-refractivity contribution in [2.45, 2.75) is 35.9 Å². The van der Waals surface area contributed by atoms with Gasteiger partial charge in [-0.05, 0) is 0 Å². The van der Waals surface area contributed by atoms with Gasteiger partial charge in [-0.25, -0.2) is 0 Å². The fourth-order valence-corrected chi connectivity index (χ4v) is 8.73. The van der Waals surface area contributed by atoms with E-state index in [0.717, 1.165) is 8.87 Å². The molecule has 112 valence electrons. The molecule has 0 atom stereocenters. The van der Waals surface area contributed by atoms with E-state index in [9.17, 15) is 0 Å². The van der Waals surface area contributed by atoms with Gasteiger partial charge in [-0.15, -0.1) is 0 Å². The van der Waals surface area contributed by atoms with Crippen LogP contribution in [-0.4, -0.2) is 19.2 Å². The molecule has 0 aliphatic rings. The maximum atomic E-state index is 6.32. The van der Waals surface area contributed by atoms with Crippen molar-refractivity contribution in [1.82, 2.24) is 0 Å². The fraction of sp³-hybridized carbons (Fsp3) is 0.333. The van der Waals surface area contributed by atoms with Crippen LogP contribution in [0.15, 0.2) is 60.7 Å². The van der Waals surface area contributed by atoms with Gasteiger partial charge >= 0.3 is 133 Å². The summed E-state index contributed by atoms with van der Waals surface area (Å²) in [7, 11) is 0. The molecule has 0 aromatic heterocycles. The third-order valence-electron chi connectivity index (χ3n) is 3.77. The quantitative estimate of drug-likeness (QED) is 0.596. The Labute approximate surface area is 133 Å². The summed E-state index contributed by atoms with van der Waals surface area (Å²) in [6, 6.07) is 20.7. The molecule has 0 spiro atoms. The van der Waals surface area contributed by atoms with Crippen molar-refractivity contribution in [3.8, 4) is 0 Å². The molecule has 2 rings (SSSR count). The first-order chi connectivity index (χ1) is 10.3. The zero-order valence-corrected chi connectivity index (χ0v) is 15.8. The number of hydrogen-bond acceptors (Lipinski definition) is 2. The van der Waals surface area contributed by atoms with E-state index in [4.69, 9.17) is 6.15 Å². The molecule has 0 bridgehead atoms. The third kappa shape index (κ3) is 5.13. The average molecular weight is 391 g/mol. The standard InChI is InChI=1S/2C7H7O.2C2H5.Sn/c2*8-6-7-4-2-1-3-5-7;2*1-2;/h2*1-5H,6H2;2*1H2,2H3;/q2*-1;;;+2. The SMILES string of the molecule is C[CH2][Sn]([CH2]C)([O]Cc1ccccc1)[O]Cc1ccccc1. The molecule has 0 amide bonds. The molecule has 0 saturated heterocycles. The van der Waals surface area contributed by atoms with Crippen molar-refractivity contribution in [1.29, 1.82) is 0 Å². The third-order valence-corrected chi connectivity index (χ3v) is 13.7. The monoisotopic (exact) mass is 392 g/mol. The van der Waals surface area contributed by atoms with Crippen LogP contribution < -0.4 is 0 Å². The van der Waals surface area contributed by atoms with Crippen LogP contribution in [0.1, 0.15) is 25.0 Å². The Morgan fingerprint density at radius 3 is 1.38 bits per heavy atom. The minimum absolute atomic E-state index is 0.674. The van der Waals surface area contributed by atoms with E-state index in [1.54, 1.807) is 0 Å². The van der Waals surface area contributed by atoms with Crippen molar-refractivity contribution >= 4 is 19.2 Å². The van der Waals surface area contributed by atoms with E-state index in [0.29, 0.717) is 13.2 Å². The van der Waals surface area contributed by atoms with Crippen LogP contribution in [-0.2, 0) is 19.4 Å². The molecule has 3 heteroatoms. The Hall–Kier alpha value is -0.841. The molecule has 0 saturated carbocycles. The summed E-state index contributed by atoms with van der Waals surface area (Å²) in [5, 5.41) is 0. The Morgan fingerprint density at radius 2 is 1.05 bits per heavy atom. The number of hydrogen-bond donors (Lipinski definition) is 0. The predicted octanol–water partition coefficient (Wildman–Crippen LogP) is 4.90. The molecule has 0 radical (unpaired) electrons. The molecule has 21 heavy (non-hydrogen) atoms. The first-order valence-corrected chi connectivity index (χ1v) is 14.0. The molecule has 2 aromatic carbocycles. The summed E-state index contributed by atoms with van der Waals surface area (Å²) in [6.07, 6.45) is 0. The number of benzene rings is 2. The summed E-state index contributed by atoms with van der Waals surface area (Å²) in [4.78, 5) is 0. The first kappa shape index (κ1) is 16.5. The zero-order valence-electron chi connectivity index (χ0n) is 12.9. The second kappa shape index (κ2) is 8.56. The second-order valence-electron chi connectivity index (χ2n) is 5.17. The Morgan fingerprint density at radius 1 is 0.667 bits per heavy atom. The molecule has 0 aliphatic heterocycles. The summed E-state index contributed by atoms with van der Waals surface area (Å²) in [5.74, 6) is 0. The average Bonchev–Trinajstić information content (AvgIpc) is 2.58. The van der Waals surface area contributed by atoms with Crippen LogP contribution >= 0.6 is 0 Å². The Kier molecular flexibility index (Phi) is 6.74. The molecule has 0 aliphatic carbocycles. The van der Waals surface area contributed by atoms with Crippen LogP contribution in [0.4, 0.5) is 0 Å². The molecule has 2 nitrogen and oxygen atoms in total. The van der Waals surface area contributed by atoms with E-state index in [2.05, 4.69) is 62.4 Å². The summed E-state index contributed by atoms with van der Waals surface area (Å²) in [5.41, 5.74) is 2.45. The van der Waals surface area contributed by atoms with E-state index in [1.165, 1.54) is 11.1 Å². The first-order valence-electron chi connectivity index (χ1n) is 7.64. The van der Waals surface area contributed by atoms with Gasteiger partial charge in [-0.3, -0.25) is 0 Å². The van der Waals surface area contributed by atoms with E-state index in [1.807, 2.05) is 12.1 Å². The molecule has 0 unspecified atom stereocenters. The molecule has 2 aromatic rings. The van der Waals surface area contributed by atoms with E-state index >= 15 is 0 Å². The maximum absolute atomic E-state index is 6.32. The van der Waals surface area contributed by atoms with Gasteiger partial charge in [0.15, 0.2) is 0 Å². The normalized spacial score (nSPS) is 11.5. The fourth-order valence-electron chi connectivity index (χ4n) is 2.28. The molecule has 0 heterocycles. The van der Waals surface area contributed by atoms with Crippen molar-refractivity contribution in [2.75, 3.05) is 0 Å². The zero-order chi connectivity index (χ0) is 15.0. The van der Waals surface area contributed by atoms with Gasteiger partial charge in [0.2, 0.25) is 0 Å². The van der Waals surface area contributed by atoms with Gasteiger partial charge in [0.25, 0.3) is 0 Å². The van der Waals surface area contributed by atoms with Crippen molar-refractivity contribution < 1.29 is 6.15 Å². The number of rotatable bonds is 8. The van der Waals surface area contributed by atoms with Gasteiger partial charge in [0.1, 0.15) is 0 Å². The minimum atomic E-state index is -2.93. The van der Waals surface area contributed by atoms with Crippen LogP contribution in [0.25, 0.3) is 0 Å². The molecular weight excluding hydrogens is 367 g/mol. The Balaban J connectivity index is 1.95. The summed E-state index contributed by atoms with van der Waals surface area (Å²) >= 11 is -2.93. The summed E-state index contributed by atoms with van der Waals surface area (Å²) < 4.78 is 14.7. The van der Waals surface area contributed by atoms with Gasteiger partial charge in [-0.1, -0.05) is 0 Å². The second-order valence-corrected chi connectivity index (χ2v) is 16.0. The van der Waals surface area contributed by atoms with E-state index in [-0.39, 0.29) is 0 Å². The van der Waals surface area contributed by atoms with Crippen LogP contribution in [0, 0.1) is 0 Å². The Bertz CT molecular complexity index is 464. The van der Waals surface area contributed by atoms with E-state index < -0.39 is 19.2 Å². The predicted molar refractivity (Wildman–Crippen MR) is 89.2 cm³/mol. The summed E-state index contributed by atoms with van der Waals surface area (Å²) in [6.45, 7) is 5.76. The van der Waals surface area contributed by atoms with Crippen LogP contribution in [0.2, 0.25) is 8.87 Å². The molecule has 0 N–H and O–H groups in total. The van der Waals surface area contributed by atoms with Gasteiger partial charge in [0, 0.05) is 0 Å². The molecular formula is C18H24O2Sn. The van der Waals surface area contributed by atoms with Crippen molar-refractivity contribution in [2.24, 2.45) is 0 Å². The van der Waals surface area contributed by atoms with Crippen molar-refractivity contribution in [3.05, 3.63) is 71.8 Å². The van der Waals surface area contributed by atoms with Gasteiger partial charge < -0.3 is 0 Å². The van der Waals surface area contributed by atoms with Crippen LogP contribution in [0.5, 0.6) is 0 Å². The van der Waals surface area contributed by atoms with Gasteiger partial charge in [-0.2, -0.15) is 0 Å².